The van der Waals surface area contributed by atoms with Gasteiger partial charge in [0.15, 0.2) is 0 Å². The van der Waals surface area contributed by atoms with Crippen LogP contribution >= 0.6 is 24.8 Å². The zero-order valence-corrected chi connectivity index (χ0v) is 30.7. The first kappa shape index (κ1) is 44.1. The first-order chi connectivity index (χ1) is 24.7. The van der Waals surface area contributed by atoms with E-state index in [1.807, 2.05) is 6.07 Å². The van der Waals surface area contributed by atoms with Crippen LogP contribution in [0.5, 0.6) is 28.7 Å². The number of aromatic hydroxyl groups is 3. The highest BCUT2D eigenvalue weighted by Gasteiger charge is 2.38. The van der Waals surface area contributed by atoms with Crippen LogP contribution in [0, 0.1) is 0 Å². The minimum Gasteiger partial charge on any atom is -0.507 e. The SMILES string of the molecule is COc1cc(O)c(C(=O)c2ccccc2)c(OC)c1.Cl.Cl.O=C1c2c(O)ccc(O)c2C(=O)c2c(NCCNCCO)ccc(NCCNCCO)c21. The first-order valence-corrected chi connectivity index (χ1v) is 16.1. The second-order valence-electron chi connectivity index (χ2n) is 11.1. The van der Waals surface area contributed by atoms with Gasteiger partial charge in [0.25, 0.3) is 0 Å². The highest BCUT2D eigenvalue weighted by atomic mass is 35.5. The van der Waals surface area contributed by atoms with Crippen molar-refractivity contribution in [2.24, 2.45) is 0 Å². The Morgan fingerprint density at radius 1 is 0.604 bits per heavy atom. The number of rotatable bonds is 16. The van der Waals surface area contributed by atoms with Gasteiger partial charge >= 0.3 is 0 Å². The summed E-state index contributed by atoms with van der Waals surface area (Å²) in [5.41, 5.74) is 1.30. The molecule has 14 nitrogen and oxygen atoms in total. The van der Waals surface area contributed by atoms with Crippen LogP contribution in [0.3, 0.4) is 0 Å². The number of anilines is 2. The minimum absolute atomic E-state index is 0. The highest BCUT2D eigenvalue weighted by molar-refractivity contribution is 6.33. The molecule has 0 saturated heterocycles. The van der Waals surface area contributed by atoms with Crippen molar-refractivity contribution in [3.63, 3.8) is 0 Å². The largest absolute Gasteiger partial charge is 0.507 e. The molecule has 5 rings (SSSR count). The summed E-state index contributed by atoms with van der Waals surface area (Å²) in [4.78, 5) is 39.1. The van der Waals surface area contributed by atoms with Crippen molar-refractivity contribution in [3.05, 3.63) is 100 Å². The lowest BCUT2D eigenvalue weighted by Crippen LogP contribution is -2.28. The number of phenols is 3. The Labute approximate surface area is 319 Å². The Morgan fingerprint density at radius 2 is 1.09 bits per heavy atom. The van der Waals surface area contributed by atoms with Crippen LogP contribution < -0.4 is 30.7 Å². The van der Waals surface area contributed by atoms with Gasteiger partial charge in [-0.2, -0.15) is 0 Å². The lowest BCUT2D eigenvalue weighted by molar-refractivity contribution is 0.0975. The molecule has 0 unspecified atom stereocenters. The summed E-state index contributed by atoms with van der Waals surface area (Å²) in [5.74, 6) is -1.60. The number of ether oxygens (including phenoxy) is 2. The molecule has 0 spiro atoms. The molecule has 286 valence electrons. The van der Waals surface area contributed by atoms with E-state index in [4.69, 9.17) is 19.7 Å². The van der Waals surface area contributed by atoms with E-state index < -0.39 is 11.6 Å². The monoisotopic (exact) mass is 774 g/mol. The quantitative estimate of drug-likeness (QED) is 0.0399. The number of fused-ring (bicyclic) bond motifs is 2. The molecular formula is C37H44Cl2N4O10. The summed E-state index contributed by atoms with van der Waals surface area (Å²) in [6.45, 7) is 2.81. The molecule has 0 bridgehead atoms. The third-order valence-corrected chi connectivity index (χ3v) is 7.86. The molecule has 0 amide bonds. The molecule has 1 aliphatic carbocycles. The van der Waals surface area contributed by atoms with Crippen molar-refractivity contribution in [3.8, 4) is 28.7 Å². The number of hydrogen-bond acceptors (Lipinski definition) is 14. The summed E-state index contributed by atoms with van der Waals surface area (Å²) in [6, 6.07) is 17.4. The molecule has 9 N–H and O–H groups in total. The molecule has 4 aromatic rings. The number of carbonyl (C=O) groups excluding carboxylic acids is 3. The van der Waals surface area contributed by atoms with Crippen LogP contribution in [-0.2, 0) is 0 Å². The molecule has 0 saturated carbocycles. The van der Waals surface area contributed by atoms with Crippen molar-refractivity contribution in [1.29, 1.82) is 0 Å². The van der Waals surface area contributed by atoms with Crippen molar-refractivity contribution in [2.45, 2.75) is 0 Å². The predicted molar refractivity (Wildman–Crippen MR) is 206 cm³/mol. The van der Waals surface area contributed by atoms with Crippen LogP contribution in [0.15, 0.2) is 66.7 Å². The van der Waals surface area contributed by atoms with Gasteiger partial charge in [-0.25, -0.2) is 0 Å². The molecule has 0 radical (unpaired) electrons. The van der Waals surface area contributed by atoms with Gasteiger partial charge in [-0.3, -0.25) is 14.4 Å². The summed E-state index contributed by atoms with van der Waals surface area (Å²) in [7, 11) is 2.92. The molecule has 4 aromatic carbocycles. The first-order valence-electron chi connectivity index (χ1n) is 16.1. The predicted octanol–water partition coefficient (Wildman–Crippen LogP) is 3.34. The summed E-state index contributed by atoms with van der Waals surface area (Å²) in [6.07, 6.45) is 0. The number of halogens is 2. The Balaban J connectivity index is 0.000000397. The van der Waals surface area contributed by atoms with Crippen LogP contribution in [0.25, 0.3) is 0 Å². The Kier molecular flexibility index (Phi) is 17.8. The van der Waals surface area contributed by atoms with Gasteiger partial charge in [0.2, 0.25) is 17.3 Å². The van der Waals surface area contributed by atoms with Crippen molar-refractivity contribution in [1.82, 2.24) is 10.6 Å². The maximum atomic E-state index is 13.4. The third-order valence-electron chi connectivity index (χ3n) is 7.86. The smallest absolute Gasteiger partial charge is 0.200 e. The van der Waals surface area contributed by atoms with Gasteiger partial charge < -0.3 is 56.3 Å². The number of phenolic OH excluding ortho intramolecular Hbond substituents is 3. The minimum atomic E-state index is -0.559. The molecule has 16 heteroatoms. The molecular weight excluding hydrogens is 731 g/mol. The van der Waals surface area contributed by atoms with Gasteiger partial charge in [-0.1, -0.05) is 30.3 Å². The average molecular weight is 776 g/mol. The van der Waals surface area contributed by atoms with Crippen molar-refractivity contribution < 1.29 is 49.4 Å². The van der Waals surface area contributed by atoms with E-state index in [-0.39, 0.29) is 94.6 Å². The number of aliphatic hydroxyl groups excluding tert-OH is 2. The molecule has 0 heterocycles. The lowest BCUT2D eigenvalue weighted by Gasteiger charge is -2.25. The average Bonchev–Trinajstić information content (AvgIpc) is 3.14. The molecule has 0 aliphatic heterocycles. The van der Waals surface area contributed by atoms with Crippen molar-refractivity contribution in [2.75, 3.05) is 77.3 Å². The second-order valence-corrected chi connectivity index (χ2v) is 11.1. The molecule has 53 heavy (non-hydrogen) atoms. The maximum absolute atomic E-state index is 13.4. The highest BCUT2D eigenvalue weighted by Crippen LogP contribution is 2.42. The summed E-state index contributed by atoms with van der Waals surface area (Å²) >= 11 is 0. The standard InChI is InChI=1S/C22H28N4O6.C15H14O4.2ClH/c27-11-9-23-5-7-25-13-1-2-14(26-8-6-24-10-12-28)18-17(13)21(31)19-15(29)3-4-16(30)20(19)22(18)32;1-18-11-8-12(16)14(13(9-11)19-2)15(17)10-6-4-3-5-7-10;;/h1-4,23-30H,5-12H2;3-9,16H,1-2H3;2*1H. The number of hydrogen-bond donors (Lipinski definition) is 9. The van der Waals surface area contributed by atoms with E-state index in [1.54, 1.807) is 42.5 Å². The fourth-order valence-corrected chi connectivity index (χ4v) is 5.46. The lowest BCUT2D eigenvalue weighted by atomic mass is 9.81. The zero-order valence-electron chi connectivity index (χ0n) is 29.1. The topological polar surface area (TPSA) is 219 Å². The van der Waals surface area contributed by atoms with Crippen LogP contribution in [-0.4, -0.2) is 110 Å². The molecule has 0 fully saturated rings. The fraction of sp³-hybridized carbons (Fsp3) is 0.270. The second kappa shape index (κ2) is 21.4. The normalized spacial score (nSPS) is 11.1. The maximum Gasteiger partial charge on any atom is 0.200 e. The fourth-order valence-electron chi connectivity index (χ4n) is 5.46. The Hall–Kier alpha value is -5.09. The van der Waals surface area contributed by atoms with E-state index in [0.717, 1.165) is 0 Å². The third kappa shape index (κ3) is 10.5. The van der Waals surface area contributed by atoms with Crippen molar-refractivity contribution >= 4 is 53.5 Å². The van der Waals surface area contributed by atoms with Crippen LogP contribution in [0.4, 0.5) is 11.4 Å². The number of aliphatic hydroxyl groups is 2. The van der Waals surface area contributed by atoms with E-state index in [2.05, 4.69) is 21.3 Å². The Morgan fingerprint density at radius 3 is 1.53 bits per heavy atom. The van der Waals surface area contributed by atoms with Gasteiger partial charge in [-0.05, 0) is 24.3 Å². The van der Waals surface area contributed by atoms with Crippen LogP contribution in [0.1, 0.15) is 47.8 Å². The van der Waals surface area contributed by atoms with E-state index in [0.29, 0.717) is 62.0 Å². The van der Waals surface area contributed by atoms with E-state index in [1.165, 1.54) is 32.4 Å². The van der Waals surface area contributed by atoms with Gasteiger partial charge in [0.1, 0.15) is 34.3 Å². The molecule has 1 aliphatic rings. The number of carbonyl (C=O) groups is 3. The molecule has 0 atom stereocenters. The number of nitrogens with one attached hydrogen (secondary N) is 4. The number of methoxy groups -OCH3 is 2. The Bertz CT molecular complexity index is 1780. The number of ketones is 3. The van der Waals surface area contributed by atoms with Gasteiger partial charge in [0.05, 0.1) is 49.7 Å². The van der Waals surface area contributed by atoms with Gasteiger partial charge in [-0.15, -0.1) is 24.8 Å². The summed E-state index contributed by atoms with van der Waals surface area (Å²) in [5, 5.41) is 60.5. The molecule has 0 aromatic heterocycles. The zero-order chi connectivity index (χ0) is 36.9. The number of benzene rings is 4. The summed E-state index contributed by atoms with van der Waals surface area (Å²) < 4.78 is 10.2. The van der Waals surface area contributed by atoms with E-state index in [9.17, 15) is 29.7 Å². The van der Waals surface area contributed by atoms with Gasteiger partial charge in [0, 0.05) is 68.3 Å². The van der Waals surface area contributed by atoms with Crippen LogP contribution in [0.2, 0.25) is 0 Å². The van der Waals surface area contributed by atoms with E-state index >= 15 is 0 Å².